The fraction of sp³-hybridized carbons (Fsp3) is 0.429. The lowest BCUT2D eigenvalue weighted by Crippen LogP contribution is -2.42. The third-order valence-corrected chi connectivity index (χ3v) is 3.35. The van der Waals surface area contributed by atoms with Crippen LogP contribution in [0.15, 0.2) is 18.2 Å². The van der Waals surface area contributed by atoms with Crippen LogP contribution in [0.25, 0.3) is 0 Å². The number of aliphatic carboxylic acids is 1. The van der Waals surface area contributed by atoms with Gasteiger partial charge in [0.1, 0.15) is 5.75 Å². The average molecular weight is 334 g/mol. The van der Waals surface area contributed by atoms with Crippen molar-refractivity contribution in [3.8, 4) is 5.75 Å². The summed E-state index contributed by atoms with van der Waals surface area (Å²) in [5, 5.41) is 12.2. The first kappa shape index (κ1) is 17.6. The minimum absolute atomic E-state index is 0.000178. The maximum Gasteiger partial charge on any atom is 0.305 e. The van der Waals surface area contributed by atoms with Gasteiger partial charge >= 0.3 is 5.97 Å². The van der Waals surface area contributed by atoms with Gasteiger partial charge in [-0.05, 0) is 18.1 Å². The maximum absolute atomic E-state index is 11.8. The van der Waals surface area contributed by atoms with E-state index >= 15 is 0 Å². The second-order valence-corrected chi connectivity index (χ2v) is 5.72. The van der Waals surface area contributed by atoms with E-state index < -0.39 is 17.9 Å². The van der Waals surface area contributed by atoms with E-state index in [4.69, 9.17) is 33.0 Å². The van der Waals surface area contributed by atoms with Crippen molar-refractivity contribution < 1.29 is 19.4 Å². The number of carbonyl (C=O) groups excluding carboxylic acids is 1. The van der Waals surface area contributed by atoms with Crippen LogP contribution < -0.4 is 10.1 Å². The molecule has 116 valence electrons. The number of amides is 1. The number of hydrogen-bond acceptors (Lipinski definition) is 3. The third kappa shape index (κ3) is 6.23. The molecule has 0 spiro atoms. The maximum atomic E-state index is 11.8. The van der Waals surface area contributed by atoms with Crippen LogP contribution in [-0.4, -0.2) is 29.6 Å². The lowest BCUT2D eigenvalue weighted by molar-refractivity contribution is -0.138. The molecule has 0 saturated carbocycles. The van der Waals surface area contributed by atoms with E-state index in [2.05, 4.69) is 5.32 Å². The van der Waals surface area contributed by atoms with Crippen molar-refractivity contribution >= 4 is 35.1 Å². The summed E-state index contributed by atoms with van der Waals surface area (Å²) in [7, 11) is 0. The summed E-state index contributed by atoms with van der Waals surface area (Å²) in [6.45, 7) is 3.41. The number of carbonyl (C=O) groups is 2. The van der Waals surface area contributed by atoms with Crippen molar-refractivity contribution in [2.75, 3.05) is 6.61 Å². The standard InChI is InChI=1S/C14H17Cl2NO4/c1-8(2)11(6-14(19)20)17-13(18)7-21-12-5-9(15)3-4-10(12)16/h3-5,8,11H,6-7H2,1-2H3,(H,17,18)(H,19,20). The van der Waals surface area contributed by atoms with Crippen LogP contribution in [0, 0.1) is 5.92 Å². The molecule has 21 heavy (non-hydrogen) atoms. The van der Waals surface area contributed by atoms with E-state index in [-0.39, 0.29) is 18.9 Å². The van der Waals surface area contributed by atoms with E-state index in [0.29, 0.717) is 15.8 Å². The van der Waals surface area contributed by atoms with Crippen molar-refractivity contribution in [2.24, 2.45) is 5.92 Å². The zero-order valence-corrected chi connectivity index (χ0v) is 13.2. The molecule has 1 aromatic rings. The largest absolute Gasteiger partial charge is 0.482 e. The van der Waals surface area contributed by atoms with Crippen molar-refractivity contribution in [3.05, 3.63) is 28.2 Å². The Hall–Kier alpha value is -1.46. The molecule has 0 aliphatic rings. The number of carboxylic acid groups (broad SMARTS) is 1. The molecule has 1 atom stereocenters. The molecular formula is C14H17Cl2NO4. The van der Waals surface area contributed by atoms with Crippen LogP contribution in [0.5, 0.6) is 5.75 Å². The number of halogens is 2. The van der Waals surface area contributed by atoms with Crippen LogP contribution in [-0.2, 0) is 9.59 Å². The van der Waals surface area contributed by atoms with E-state index in [9.17, 15) is 9.59 Å². The Morgan fingerprint density at radius 1 is 1.33 bits per heavy atom. The zero-order valence-electron chi connectivity index (χ0n) is 11.7. The number of benzene rings is 1. The molecule has 7 heteroatoms. The molecular weight excluding hydrogens is 317 g/mol. The second-order valence-electron chi connectivity index (χ2n) is 4.88. The van der Waals surface area contributed by atoms with E-state index in [1.165, 1.54) is 6.07 Å². The molecule has 0 aliphatic heterocycles. The molecule has 0 heterocycles. The Kier molecular flexibility index (Phi) is 6.78. The second kappa shape index (κ2) is 8.10. The zero-order chi connectivity index (χ0) is 16.0. The molecule has 0 radical (unpaired) electrons. The highest BCUT2D eigenvalue weighted by atomic mass is 35.5. The lowest BCUT2D eigenvalue weighted by atomic mass is 10.0. The first-order valence-corrected chi connectivity index (χ1v) is 7.14. The van der Waals surface area contributed by atoms with Gasteiger partial charge in [0, 0.05) is 17.1 Å². The van der Waals surface area contributed by atoms with Gasteiger partial charge in [-0.15, -0.1) is 0 Å². The Bertz CT molecular complexity index is 520. The van der Waals surface area contributed by atoms with Gasteiger partial charge in [-0.2, -0.15) is 0 Å². The minimum atomic E-state index is -0.965. The number of hydrogen-bond donors (Lipinski definition) is 2. The topological polar surface area (TPSA) is 75.6 Å². The molecule has 0 aliphatic carbocycles. The summed E-state index contributed by atoms with van der Waals surface area (Å²) in [4.78, 5) is 22.5. The highest BCUT2D eigenvalue weighted by Gasteiger charge is 2.19. The van der Waals surface area contributed by atoms with Gasteiger partial charge in [-0.25, -0.2) is 0 Å². The van der Waals surface area contributed by atoms with Gasteiger partial charge in [-0.3, -0.25) is 9.59 Å². The summed E-state index contributed by atoms with van der Waals surface area (Å²) < 4.78 is 5.29. The fourth-order valence-corrected chi connectivity index (χ4v) is 1.96. The molecule has 0 aromatic heterocycles. The van der Waals surface area contributed by atoms with Gasteiger partial charge in [0.2, 0.25) is 0 Å². The van der Waals surface area contributed by atoms with Gasteiger partial charge < -0.3 is 15.2 Å². The number of rotatable bonds is 7. The number of ether oxygens (including phenoxy) is 1. The normalized spacial score (nSPS) is 12.0. The van der Waals surface area contributed by atoms with Gasteiger partial charge in [0.15, 0.2) is 6.61 Å². The van der Waals surface area contributed by atoms with Gasteiger partial charge in [0.05, 0.1) is 11.4 Å². The Morgan fingerprint density at radius 3 is 2.57 bits per heavy atom. The highest BCUT2D eigenvalue weighted by Crippen LogP contribution is 2.27. The quantitative estimate of drug-likeness (QED) is 0.804. The first-order valence-electron chi connectivity index (χ1n) is 6.38. The van der Waals surface area contributed by atoms with Crippen LogP contribution in [0.3, 0.4) is 0 Å². The molecule has 1 aromatic carbocycles. The molecule has 0 bridgehead atoms. The monoisotopic (exact) mass is 333 g/mol. The summed E-state index contributed by atoms with van der Waals surface area (Å²) >= 11 is 11.7. The van der Waals surface area contributed by atoms with Crippen LogP contribution >= 0.6 is 23.2 Å². The summed E-state index contributed by atoms with van der Waals surface area (Å²) in [6, 6.07) is 4.24. The summed E-state index contributed by atoms with van der Waals surface area (Å²) in [5.41, 5.74) is 0. The Morgan fingerprint density at radius 2 is 2.00 bits per heavy atom. The molecule has 1 amide bonds. The van der Waals surface area contributed by atoms with Crippen LogP contribution in [0.4, 0.5) is 0 Å². The van der Waals surface area contributed by atoms with Crippen molar-refractivity contribution in [2.45, 2.75) is 26.3 Å². The van der Waals surface area contributed by atoms with E-state index in [1.807, 2.05) is 13.8 Å². The van der Waals surface area contributed by atoms with Crippen LogP contribution in [0.2, 0.25) is 10.0 Å². The average Bonchev–Trinajstić information content (AvgIpc) is 2.38. The third-order valence-electron chi connectivity index (χ3n) is 2.80. The molecule has 2 N–H and O–H groups in total. The first-order chi connectivity index (χ1) is 9.79. The SMILES string of the molecule is CC(C)C(CC(=O)O)NC(=O)COc1cc(Cl)ccc1Cl. The molecule has 5 nitrogen and oxygen atoms in total. The van der Waals surface area contributed by atoms with E-state index in [1.54, 1.807) is 12.1 Å². The van der Waals surface area contributed by atoms with Crippen molar-refractivity contribution in [3.63, 3.8) is 0 Å². The highest BCUT2D eigenvalue weighted by molar-refractivity contribution is 6.34. The van der Waals surface area contributed by atoms with Crippen molar-refractivity contribution in [1.29, 1.82) is 0 Å². The number of nitrogens with one attached hydrogen (secondary N) is 1. The molecule has 0 saturated heterocycles. The summed E-state index contributed by atoms with van der Waals surface area (Å²) in [6.07, 6.45) is -0.138. The smallest absolute Gasteiger partial charge is 0.305 e. The predicted molar refractivity (Wildman–Crippen MR) is 81.0 cm³/mol. The lowest BCUT2D eigenvalue weighted by Gasteiger charge is -2.20. The molecule has 0 fully saturated rings. The minimum Gasteiger partial charge on any atom is -0.482 e. The van der Waals surface area contributed by atoms with Gasteiger partial charge in [-0.1, -0.05) is 37.0 Å². The summed E-state index contributed by atoms with van der Waals surface area (Å²) in [5.74, 6) is -1.07. The van der Waals surface area contributed by atoms with Crippen LogP contribution in [0.1, 0.15) is 20.3 Å². The van der Waals surface area contributed by atoms with E-state index in [0.717, 1.165) is 0 Å². The predicted octanol–water partition coefficient (Wildman–Crippen LogP) is 2.99. The van der Waals surface area contributed by atoms with Gasteiger partial charge in [0.25, 0.3) is 5.91 Å². The molecule has 1 rings (SSSR count). The fourth-order valence-electron chi connectivity index (χ4n) is 1.62. The number of carboxylic acids is 1. The Labute approximate surface area is 133 Å². The Balaban J connectivity index is 2.56. The molecule has 1 unspecified atom stereocenters. The van der Waals surface area contributed by atoms with Crippen molar-refractivity contribution in [1.82, 2.24) is 5.32 Å².